The van der Waals surface area contributed by atoms with Gasteiger partial charge in [0.25, 0.3) is 0 Å². The summed E-state index contributed by atoms with van der Waals surface area (Å²) in [6.07, 6.45) is 5.41. The molecule has 4 nitrogen and oxygen atoms in total. The predicted molar refractivity (Wildman–Crippen MR) is 86.8 cm³/mol. The SMILES string of the molecule is Cc1cnc(CNCc2ccc(Br)c3cccnc23)cn1. The number of halogens is 1. The Balaban J connectivity index is 1.74. The van der Waals surface area contributed by atoms with E-state index in [2.05, 4.69) is 54.4 Å². The molecule has 5 heteroatoms. The smallest absolute Gasteiger partial charge is 0.0758 e. The lowest BCUT2D eigenvalue weighted by Crippen LogP contribution is -2.14. The monoisotopic (exact) mass is 342 g/mol. The van der Waals surface area contributed by atoms with Gasteiger partial charge in [-0.2, -0.15) is 0 Å². The number of pyridine rings is 1. The van der Waals surface area contributed by atoms with Gasteiger partial charge in [0.1, 0.15) is 0 Å². The van der Waals surface area contributed by atoms with Crippen molar-refractivity contribution in [2.45, 2.75) is 20.0 Å². The van der Waals surface area contributed by atoms with Gasteiger partial charge >= 0.3 is 0 Å². The Labute approximate surface area is 131 Å². The fraction of sp³-hybridized carbons (Fsp3) is 0.188. The quantitative estimate of drug-likeness (QED) is 0.789. The Morgan fingerprint density at radius 2 is 1.95 bits per heavy atom. The van der Waals surface area contributed by atoms with E-state index in [1.807, 2.05) is 19.2 Å². The van der Waals surface area contributed by atoms with Gasteiger partial charge in [0.2, 0.25) is 0 Å². The van der Waals surface area contributed by atoms with E-state index in [1.165, 1.54) is 5.56 Å². The maximum absolute atomic E-state index is 4.48. The zero-order valence-electron chi connectivity index (χ0n) is 11.7. The predicted octanol–water partition coefficient (Wildman–Crippen LogP) is 3.39. The van der Waals surface area contributed by atoms with Gasteiger partial charge in [0.15, 0.2) is 0 Å². The van der Waals surface area contributed by atoms with E-state index in [-0.39, 0.29) is 0 Å². The Bertz CT molecular complexity index is 756. The minimum atomic E-state index is 0.692. The fourth-order valence-electron chi connectivity index (χ4n) is 2.17. The second kappa shape index (κ2) is 6.28. The maximum atomic E-state index is 4.48. The van der Waals surface area contributed by atoms with Crippen LogP contribution in [-0.2, 0) is 13.1 Å². The summed E-state index contributed by atoms with van der Waals surface area (Å²) < 4.78 is 1.07. The van der Waals surface area contributed by atoms with Crippen LogP contribution in [0, 0.1) is 6.92 Å². The Hall–Kier alpha value is -1.85. The van der Waals surface area contributed by atoms with Crippen LogP contribution in [0.5, 0.6) is 0 Å². The first kappa shape index (κ1) is 14.1. The van der Waals surface area contributed by atoms with Crippen molar-refractivity contribution in [1.29, 1.82) is 0 Å². The molecular weight excluding hydrogens is 328 g/mol. The molecule has 0 fully saturated rings. The van der Waals surface area contributed by atoms with Crippen molar-refractivity contribution in [3.8, 4) is 0 Å². The second-order valence-corrected chi connectivity index (χ2v) is 5.71. The van der Waals surface area contributed by atoms with Crippen molar-refractivity contribution in [3.05, 3.63) is 64.3 Å². The zero-order chi connectivity index (χ0) is 14.7. The van der Waals surface area contributed by atoms with Crippen LogP contribution in [0.3, 0.4) is 0 Å². The number of nitrogens with zero attached hydrogens (tertiary/aromatic N) is 3. The third-order valence-corrected chi connectivity index (χ3v) is 3.95. The average Bonchev–Trinajstić information content (AvgIpc) is 2.52. The van der Waals surface area contributed by atoms with E-state index in [0.29, 0.717) is 6.54 Å². The van der Waals surface area contributed by atoms with Crippen LogP contribution >= 0.6 is 15.9 Å². The molecule has 21 heavy (non-hydrogen) atoms. The largest absolute Gasteiger partial charge is 0.307 e. The van der Waals surface area contributed by atoms with Gasteiger partial charge in [0, 0.05) is 41.5 Å². The van der Waals surface area contributed by atoms with Gasteiger partial charge in [-0.05, 0) is 24.6 Å². The van der Waals surface area contributed by atoms with Crippen LogP contribution in [0.2, 0.25) is 0 Å². The summed E-state index contributed by atoms with van der Waals surface area (Å²) in [6.45, 7) is 3.37. The topological polar surface area (TPSA) is 50.7 Å². The first-order chi connectivity index (χ1) is 10.2. The van der Waals surface area contributed by atoms with E-state index in [0.717, 1.165) is 33.3 Å². The van der Waals surface area contributed by atoms with E-state index in [4.69, 9.17) is 0 Å². The highest BCUT2D eigenvalue weighted by atomic mass is 79.9. The molecule has 0 bridgehead atoms. The normalized spacial score (nSPS) is 11.0. The lowest BCUT2D eigenvalue weighted by molar-refractivity contribution is 0.678. The molecule has 0 spiro atoms. The lowest BCUT2D eigenvalue weighted by Gasteiger charge is -2.08. The van der Waals surface area contributed by atoms with Gasteiger partial charge in [-0.1, -0.05) is 28.1 Å². The summed E-state index contributed by atoms with van der Waals surface area (Å²) in [7, 11) is 0. The number of fused-ring (bicyclic) bond motifs is 1. The van der Waals surface area contributed by atoms with Crippen LogP contribution in [0.4, 0.5) is 0 Å². The number of rotatable bonds is 4. The van der Waals surface area contributed by atoms with Gasteiger partial charge in [-0.25, -0.2) is 0 Å². The maximum Gasteiger partial charge on any atom is 0.0758 e. The van der Waals surface area contributed by atoms with Crippen molar-refractivity contribution in [2.75, 3.05) is 0 Å². The molecule has 0 aliphatic carbocycles. The molecule has 0 radical (unpaired) electrons. The lowest BCUT2D eigenvalue weighted by atomic mass is 10.1. The molecule has 1 N–H and O–H groups in total. The molecule has 3 aromatic rings. The van der Waals surface area contributed by atoms with E-state index in [1.54, 1.807) is 12.4 Å². The number of aryl methyl sites for hydroxylation is 1. The molecule has 0 saturated carbocycles. The Kier molecular flexibility index (Phi) is 4.22. The molecule has 0 aliphatic rings. The highest BCUT2D eigenvalue weighted by molar-refractivity contribution is 9.10. The molecule has 106 valence electrons. The van der Waals surface area contributed by atoms with E-state index >= 15 is 0 Å². The number of hydrogen-bond donors (Lipinski definition) is 1. The minimum Gasteiger partial charge on any atom is -0.307 e. The van der Waals surface area contributed by atoms with Gasteiger partial charge in [0.05, 0.1) is 16.9 Å². The average molecular weight is 343 g/mol. The Morgan fingerprint density at radius 1 is 1.05 bits per heavy atom. The fourth-order valence-corrected chi connectivity index (χ4v) is 2.63. The molecule has 0 aliphatic heterocycles. The van der Waals surface area contributed by atoms with Gasteiger partial charge in [-0.3, -0.25) is 15.0 Å². The third-order valence-electron chi connectivity index (χ3n) is 3.26. The van der Waals surface area contributed by atoms with Crippen LogP contribution in [0.1, 0.15) is 17.0 Å². The molecule has 0 amide bonds. The molecule has 0 unspecified atom stereocenters. The van der Waals surface area contributed by atoms with Gasteiger partial charge in [-0.15, -0.1) is 0 Å². The summed E-state index contributed by atoms with van der Waals surface area (Å²) >= 11 is 3.56. The van der Waals surface area contributed by atoms with Crippen molar-refractivity contribution in [1.82, 2.24) is 20.3 Å². The molecule has 0 atom stereocenters. The number of aromatic nitrogens is 3. The first-order valence-corrected chi connectivity index (χ1v) is 7.53. The second-order valence-electron chi connectivity index (χ2n) is 4.86. The molecule has 2 heterocycles. The number of hydrogen-bond acceptors (Lipinski definition) is 4. The Morgan fingerprint density at radius 3 is 2.76 bits per heavy atom. The van der Waals surface area contributed by atoms with Gasteiger partial charge < -0.3 is 5.32 Å². The van der Waals surface area contributed by atoms with Crippen molar-refractivity contribution in [2.24, 2.45) is 0 Å². The van der Waals surface area contributed by atoms with Crippen LogP contribution in [-0.4, -0.2) is 15.0 Å². The van der Waals surface area contributed by atoms with Crippen LogP contribution in [0.15, 0.2) is 47.3 Å². The number of benzene rings is 1. The summed E-state index contributed by atoms with van der Waals surface area (Å²) in [4.78, 5) is 13.1. The van der Waals surface area contributed by atoms with Crippen molar-refractivity contribution >= 4 is 26.8 Å². The molecule has 1 aromatic carbocycles. The highest BCUT2D eigenvalue weighted by Crippen LogP contribution is 2.25. The summed E-state index contributed by atoms with van der Waals surface area (Å²) in [6, 6.07) is 8.17. The zero-order valence-corrected chi connectivity index (χ0v) is 13.3. The van der Waals surface area contributed by atoms with E-state index in [9.17, 15) is 0 Å². The van der Waals surface area contributed by atoms with Crippen LogP contribution in [0.25, 0.3) is 10.9 Å². The molecule has 2 aromatic heterocycles. The summed E-state index contributed by atoms with van der Waals surface area (Å²) in [5.74, 6) is 0. The van der Waals surface area contributed by atoms with Crippen LogP contribution < -0.4 is 5.32 Å². The number of nitrogens with one attached hydrogen (secondary N) is 1. The molecular formula is C16H15BrN4. The first-order valence-electron chi connectivity index (χ1n) is 6.74. The molecule has 3 rings (SSSR count). The third kappa shape index (κ3) is 3.25. The van der Waals surface area contributed by atoms with Crippen molar-refractivity contribution in [3.63, 3.8) is 0 Å². The standard InChI is InChI=1S/C16H15BrN4/c1-11-7-21-13(10-20-11)9-18-8-12-4-5-15(17)14-3-2-6-19-16(12)14/h2-7,10,18H,8-9H2,1H3. The van der Waals surface area contributed by atoms with E-state index < -0.39 is 0 Å². The summed E-state index contributed by atoms with van der Waals surface area (Å²) in [5.41, 5.74) is 4.07. The minimum absolute atomic E-state index is 0.692. The molecule has 0 saturated heterocycles. The highest BCUT2D eigenvalue weighted by Gasteiger charge is 2.05. The van der Waals surface area contributed by atoms with Crippen molar-refractivity contribution < 1.29 is 0 Å². The summed E-state index contributed by atoms with van der Waals surface area (Å²) in [5, 5.41) is 4.52.